The SMILES string of the molecule is O=C1CC(C2CC2)C(=O)N1CCCN1CCN(c2ccccc2OC2CCCC2)CC1. The van der Waals surface area contributed by atoms with E-state index < -0.39 is 0 Å². The highest BCUT2D eigenvalue weighted by atomic mass is 16.5. The van der Waals surface area contributed by atoms with Gasteiger partial charge in [-0.25, -0.2) is 0 Å². The molecule has 6 heteroatoms. The summed E-state index contributed by atoms with van der Waals surface area (Å²) in [5.41, 5.74) is 1.22. The molecule has 1 atom stereocenters. The van der Waals surface area contributed by atoms with E-state index in [0.29, 0.717) is 25.0 Å². The molecule has 4 aliphatic rings. The fourth-order valence-electron chi connectivity index (χ4n) is 5.48. The number of piperazine rings is 1. The Morgan fingerprint density at radius 1 is 0.903 bits per heavy atom. The minimum Gasteiger partial charge on any atom is -0.488 e. The highest BCUT2D eigenvalue weighted by molar-refractivity contribution is 6.03. The molecule has 1 aromatic carbocycles. The average Bonchev–Trinajstić information content (AvgIpc) is 3.43. The lowest BCUT2D eigenvalue weighted by atomic mass is 10.0. The van der Waals surface area contributed by atoms with Crippen LogP contribution in [0.5, 0.6) is 5.75 Å². The monoisotopic (exact) mass is 425 g/mol. The minimum atomic E-state index is -0.0115. The highest BCUT2D eigenvalue weighted by Gasteiger charge is 2.46. The molecule has 0 N–H and O–H groups in total. The van der Waals surface area contributed by atoms with Gasteiger partial charge in [-0.15, -0.1) is 0 Å². The molecule has 1 aromatic rings. The van der Waals surface area contributed by atoms with Gasteiger partial charge in [0.2, 0.25) is 11.8 Å². The molecule has 0 radical (unpaired) electrons. The number of carbonyl (C=O) groups is 2. The van der Waals surface area contributed by atoms with Crippen LogP contribution in [0.25, 0.3) is 0 Å². The van der Waals surface area contributed by atoms with Crippen molar-refractivity contribution in [1.82, 2.24) is 9.80 Å². The molecule has 2 saturated carbocycles. The van der Waals surface area contributed by atoms with Crippen molar-refractivity contribution in [3.63, 3.8) is 0 Å². The number of amides is 2. The maximum absolute atomic E-state index is 12.5. The molecule has 1 unspecified atom stereocenters. The van der Waals surface area contributed by atoms with Gasteiger partial charge in [0.15, 0.2) is 0 Å². The quantitative estimate of drug-likeness (QED) is 0.598. The average molecular weight is 426 g/mol. The smallest absolute Gasteiger partial charge is 0.233 e. The Kier molecular flexibility index (Phi) is 6.17. The Bertz CT molecular complexity index is 795. The van der Waals surface area contributed by atoms with E-state index in [2.05, 4.69) is 34.1 Å². The van der Waals surface area contributed by atoms with Gasteiger partial charge in [0.05, 0.1) is 17.7 Å². The summed E-state index contributed by atoms with van der Waals surface area (Å²) in [6.45, 7) is 5.50. The van der Waals surface area contributed by atoms with Crippen molar-refractivity contribution in [3.8, 4) is 5.75 Å². The van der Waals surface area contributed by atoms with Crippen LogP contribution in [0.3, 0.4) is 0 Å². The number of ether oxygens (including phenoxy) is 1. The predicted octanol–water partition coefficient (Wildman–Crippen LogP) is 3.31. The molecule has 0 bridgehead atoms. The lowest BCUT2D eigenvalue weighted by molar-refractivity contribution is -0.139. The van der Waals surface area contributed by atoms with Crippen LogP contribution in [0, 0.1) is 11.8 Å². The summed E-state index contributed by atoms with van der Waals surface area (Å²) in [5.74, 6) is 1.64. The minimum absolute atomic E-state index is 0.0115. The molecule has 2 aliphatic carbocycles. The fourth-order valence-corrected chi connectivity index (χ4v) is 5.48. The first-order valence-corrected chi connectivity index (χ1v) is 12.3. The van der Waals surface area contributed by atoms with Crippen LogP contribution in [-0.4, -0.2) is 67.0 Å². The summed E-state index contributed by atoms with van der Waals surface area (Å²) < 4.78 is 6.33. The second-order valence-corrected chi connectivity index (χ2v) is 9.71. The topological polar surface area (TPSA) is 53.1 Å². The van der Waals surface area contributed by atoms with E-state index in [0.717, 1.165) is 57.7 Å². The van der Waals surface area contributed by atoms with E-state index >= 15 is 0 Å². The normalized spacial score (nSPS) is 25.6. The third-order valence-corrected chi connectivity index (χ3v) is 7.50. The molecule has 2 amide bonds. The summed E-state index contributed by atoms with van der Waals surface area (Å²) in [4.78, 5) is 31.2. The molecule has 168 valence electrons. The molecule has 0 aromatic heterocycles. The zero-order valence-corrected chi connectivity index (χ0v) is 18.5. The van der Waals surface area contributed by atoms with Crippen molar-refractivity contribution in [1.29, 1.82) is 0 Å². The van der Waals surface area contributed by atoms with Crippen molar-refractivity contribution in [2.45, 2.75) is 57.5 Å². The number of para-hydroxylation sites is 2. The van der Waals surface area contributed by atoms with Gasteiger partial charge in [-0.3, -0.25) is 19.4 Å². The first-order chi connectivity index (χ1) is 15.2. The number of hydrogen-bond acceptors (Lipinski definition) is 5. The Balaban J connectivity index is 1.08. The van der Waals surface area contributed by atoms with Crippen LogP contribution in [0.2, 0.25) is 0 Å². The molecule has 4 fully saturated rings. The van der Waals surface area contributed by atoms with E-state index in [1.807, 2.05) is 0 Å². The molecule has 31 heavy (non-hydrogen) atoms. The van der Waals surface area contributed by atoms with E-state index in [4.69, 9.17) is 4.74 Å². The molecular weight excluding hydrogens is 390 g/mol. The first-order valence-electron chi connectivity index (χ1n) is 12.3. The summed E-state index contributed by atoms with van der Waals surface area (Å²) in [6.07, 6.45) is 8.84. The third-order valence-electron chi connectivity index (χ3n) is 7.50. The summed E-state index contributed by atoms with van der Waals surface area (Å²) >= 11 is 0. The van der Waals surface area contributed by atoms with Crippen LogP contribution < -0.4 is 9.64 Å². The van der Waals surface area contributed by atoms with Crippen molar-refractivity contribution < 1.29 is 14.3 Å². The van der Waals surface area contributed by atoms with Gasteiger partial charge >= 0.3 is 0 Å². The van der Waals surface area contributed by atoms with Crippen LogP contribution in [-0.2, 0) is 9.59 Å². The largest absolute Gasteiger partial charge is 0.488 e. The lowest BCUT2D eigenvalue weighted by Gasteiger charge is -2.37. The number of anilines is 1. The van der Waals surface area contributed by atoms with Gasteiger partial charge < -0.3 is 9.64 Å². The standard InChI is InChI=1S/C25H35N3O3/c29-24-18-21(19-10-11-19)25(30)28(24)13-5-12-26-14-16-27(17-15-26)22-8-3-4-9-23(22)31-20-6-1-2-7-20/h3-4,8-9,19-21H,1-2,5-7,10-18H2. The second kappa shape index (κ2) is 9.19. The third kappa shape index (κ3) is 4.74. The van der Waals surface area contributed by atoms with E-state index in [9.17, 15) is 9.59 Å². The van der Waals surface area contributed by atoms with Crippen molar-refractivity contribution in [2.75, 3.05) is 44.2 Å². The van der Waals surface area contributed by atoms with E-state index in [1.54, 1.807) is 0 Å². The number of benzene rings is 1. The number of rotatable bonds is 8. The summed E-state index contributed by atoms with van der Waals surface area (Å²) in [5, 5.41) is 0. The number of carbonyl (C=O) groups excluding carboxylic acids is 2. The van der Waals surface area contributed by atoms with Gasteiger partial charge in [0.25, 0.3) is 0 Å². The maximum atomic E-state index is 12.5. The first kappa shape index (κ1) is 20.8. The fraction of sp³-hybridized carbons (Fsp3) is 0.680. The number of likely N-dealkylation sites (tertiary alicyclic amines) is 1. The molecule has 2 saturated heterocycles. The Labute approximate surface area is 185 Å². The van der Waals surface area contributed by atoms with E-state index in [-0.39, 0.29) is 17.7 Å². The lowest BCUT2D eigenvalue weighted by Crippen LogP contribution is -2.47. The number of imide groups is 1. The van der Waals surface area contributed by atoms with Crippen molar-refractivity contribution in [2.24, 2.45) is 11.8 Å². The van der Waals surface area contributed by atoms with Gasteiger partial charge in [-0.05, 0) is 69.5 Å². The molecule has 5 rings (SSSR count). The molecule has 0 spiro atoms. The van der Waals surface area contributed by atoms with Gasteiger partial charge in [0, 0.05) is 39.1 Å². The van der Waals surface area contributed by atoms with E-state index in [1.165, 1.54) is 36.3 Å². The maximum Gasteiger partial charge on any atom is 0.233 e. The summed E-state index contributed by atoms with van der Waals surface area (Å²) in [7, 11) is 0. The molecule has 6 nitrogen and oxygen atoms in total. The van der Waals surface area contributed by atoms with Crippen LogP contribution in [0.15, 0.2) is 24.3 Å². The molecule has 2 aliphatic heterocycles. The van der Waals surface area contributed by atoms with Crippen molar-refractivity contribution >= 4 is 17.5 Å². The van der Waals surface area contributed by atoms with Gasteiger partial charge in [-0.1, -0.05) is 12.1 Å². The Morgan fingerprint density at radius 3 is 2.39 bits per heavy atom. The van der Waals surface area contributed by atoms with Crippen LogP contribution in [0.4, 0.5) is 5.69 Å². The van der Waals surface area contributed by atoms with Gasteiger partial charge in [-0.2, -0.15) is 0 Å². The molecule has 2 heterocycles. The molecular formula is C25H35N3O3. The zero-order valence-electron chi connectivity index (χ0n) is 18.5. The number of hydrogen-bond donors (Lipinski definition) is 0. The highest BCUT2D eigenvalue weighted by Crippen LogP contribution is 2.42. The summed E-state index contributed by atoms with van der Waals surface area (Å²) in [6, 6.07) is 8.46. The van der Waals surface area contributed by atoms with Crippen LogP contribution >= 0.6 is 0 Å². The van der Waals surface area contributed by atoms with Crippen molar-refractivity contribution in [3.05, 3.63) is 24.3 Å². The van der Waals surface area contributed by atoms with Crippen LogP contribution in [0.1, 0.15) is 51.4 Å². The second-order valence-electron chi connectivity index (χ2n) is 9.71. The van der Waals surface area contributed by atoms with Gasteiger partial charge in [0.1, 0.15) is 5.75 Å². The Morgan fingerprint density at radius 2 is 1.65 bits per heavy atom. The number of nitrogens with zero attached hydrogens (tertiary/aromatic N) is 3. The Hall–Kier alpha value is -2.08. The predicted molar refractivity (Wildman–Crippen MR) is 120 cm³/mol. The zero-order chi connectivity index (χ0) is 21.2.